The van der Waals surface area contributed by atoms with Crippen LogP contribution in [0, 0.1) is 0 Å². The van der Waals surface area contributed by atoms with Gasteiger partial charge in [-0.1, -0.05) is 6.07 Å². The number of nitrogens with zero attached hydrogens (tertiary/aromatic N) is 2. The fourth-order valence-electron chi connectivity index (χ4n) is 1.88. The number of rotatable bonds is 2. The van der Waals surface area contributed by atoms with E-state index in [2.05, 4.69) is 19.9 Å². The summed E-state index contributed by atoms with van der Waals surface area (Å²) in [6, 6.07) is 5.93. The first-order valence-corrected chi connectivity index (χ1v) is 5.75. The molecule has 0 amide bonds. The van der Waals surface area contributed by atoms with Gasteiger partial charge in [0, 0.05) is 5.56 Å². The minimum absolute atomic E-state index is 0.558. The van der Waals surface area contributed by atoms with Crippen LogP contribution in [0.25, 0.3) is 22.3 Å². The maximum Gasteiger partial charge on any atom is 0.138 e. The number of H-pyrrole nitrogens is 2. The van der Waals surface area contributed by atoms with Crippen LogP contribution in [-0.2, 0) is 5.60 Å². The van der Waals surface area contributed by atoms with Crippen LogP contribution in [0.2, 0.25) is 0 Å². The lowest BCUT2D eigenvalue weighted by atomic mass is 10.1. The van der Waals surface area contributed by atoms with E-state index >= 15 is 0 Å². The molecular formula is C13H14N4O. The summed E-state index contributed by atoms with van der Waals surface area (Å²) in [4.78, 5) is 14.6. The average molecular weight is 242 g/mol. The molecule has 0 aliphatic rings. The molecule has 0 aliphatic heterocycles. The summed E-state index contributed by atoms with van der Waals surface area (Å²) in [5, 5.41) is 9.88. The molecule has 0 saturated heterocycles. The van der Waals surface area contributed by atoms with Crippen LogP contribution in [0.4, 0.5) is 0 Å². The van der Waals surface area contributed by atoms with Crippen molar-refractivity contribution in [3.63, 3.8) is 0 Å². The monoisotopic (exact) mass is 242 g/mol. The van der Waals surface area contributed by atoms with Crippen LogP contribution < -0.4 is 0 Å². The Labute approximate surface area is 104 Å². The first-order chi connectivity index (χ1) is 8.54. The van der Waals surface area contributed by atoms with Crippen molar-refractivity contribution in [2.24, 2.45) is 0 Å². The number of fused-ring (bicyclic) bond motifs is 1. The van der Waals surface area contributed by atoms with E-state index in [9.17, 15) is 5.11 Å². The fraction of sp³-hybridized carbons (Fsp3) is 0.231. The third-order valence-corrected chi connectivity index (χ3v) is 2.89. The van der Waals surface area contributed by atoms with Gasteiger partial charge in [-0.2, -0.15) is 0 Å². The third kappa shape index (κ3) is 1.78. The van der Waals surface area contributed by atoms with Gasteiger partial charge in [0.1, 0.15) is 11.4 Å². The lowest BCUT2D eigenvalue weighted by molar-refractivity contribution is 0.0697. The molecule has 0 radical (unpaired) electrons. The zero-order valence-corrected chi connectivity index (χ0v) is 10.2. The van der Waals surface area contributed by atoms with Crippen molar-refractivity contribution in [1.29, 1.82) is 0 Å². The summed E-state index contributed by atoms with van der Waals surface area (Å²) in [6.07, 6.45) is 3.40. The molecule has 0 atom stereocenters. The Morgan fingerprint density at radius 1 is 1.22 bits per heavy atom. The molecule has 0 bridgehead atoms. The van der Waals surface area contributed by atoms with Gasteiger partial charge in [-0.3, -0.25) is 0 Å². The van der Waals surface area contributed by atoms with Crippen LogP contribution >= 0.6 is 0 Å². The van der Waals surface area contributed by atoms with Gasteiger partial charge >= 0.3 is 0 Å². The van der Waals surface area contributed by atoms with Crippen molar-refractivity contribution < 1.29 is 5.11 Å². The molecule has 1 aromatic carbocycles. The number of imidazole rings is 2. The number of nitrogens with one attached hydrogen (secondary N) is 2. The van der Waals surface area contributed by atoms with Crippen molar-refractivity contribution in [2.75, 3.05) is 0 Å². The van der Waals surface area contributed by atoms with Crippen LogP contribution in [0.1, 0.15) is 19.7 Å². The molecule has 2 aromatic heterocycles. The molecular weight excluding hydrogens is 228 g/mol. The molecule has 0 saturated carbocycles. The fourth-order valence-corrected chi connectivity index (χ4v) is 1.88. The maximum absolute atomic E-state index is 9.88. The zero-order valence-electron chi connectivity index (χ0n) is 10.2. The summed E-state index contributed by atoms with van der Waals surface area (Å²) < 4.78 is 0. The smallest absolute Gasteiger partial charge is 0.138 e. The Morgan fingerprint density at radius 3 is 2.78 bits per heavy atom. The van der Waals surface area contributed by atoms with Gasteiger partial charge in [-0.25, -0.2) is 9.97 Å². The summed E-state index contributed by atoms with van der Waals surface area (Å²) in [7, 11) is 0. The third-order valence-electron chi connectivity index (χ3n) is 2.89. The summed E-state index contributed by atoms with van der Waals surface area (Å²) in [5.41, 5.74) is 2.84. The van der Waals surface area contributed by atoms with Gasteiger partial charge in [0.2, 0.25) is 0 Å². The van der Waals surface area contributed by atoms with E-state index in [-0.39, 0.29) is 0 Å². The number of hydrogen-bond donors (Lipinski definition) is 3. The first kappa shape index (κ1) is 11.0. The normalized spacial score (nSPS) is 12.2. The highest BCUT2D eigenvalue weighted by atomic mass is 16.3. The Bertz CT molecular complexity index is 690. The number of benzene rings is 1. The van der Waals surface area contributed by atoms with Crippen LogP contribution in [0.3, 0.4) is 0 Å². The van der Waals surface area contributed by atoms with E-state index in [1.54, 1.807) is 26.4 Å². The van der Waals surface area contributed by atoms with Crippen molar-refractivity contribution in [3.05, 3.63) is 36.5 Å². The van der Waals surface area contributed by atoms with Crippen molar-refractivity contribution in [1.82, 2.24) is 19.9 Å². The molecule has 18 heavy (non-hydrogen) atoms. The maximum atomic E-state index is 9.88. The second-order valence-electron chi connectivity index (χ2n) is 4.84. The standard InChI is InChI=1S/C13H14N4O/c1-13(2,18)12-14-6-11(17-12)8-3-4-9-10(5-8)16-7-15-9/h3-7,18H,1-2H3,(H,14,17)(H,15,16). The number of aromatic amines is 2. The van der Waals surface area contributed by atoms with Gasteiger partial charge in [0.25, 0.3) is 0 Å². The summed E-state index contributed by atoms with van der Waals surface area (Å²) in [5.74, 6) is 0.558. The Morgan fingerprint density at radius 2 is 2.06 bits per heavy atom. The van der Waals surface area contributed by atoms with Crippen molar-refractivity contribution in [3.8, 4) is 11.3 Å². The highest BCUT2D eigenvalue weighted by Gasteiger charge is 2.20. The molecule has 92 valence electrons. The molecule has 5 nitrogen and oxygen atoms in total. The molecule has 3 rings (SSSR count). The number of aliphatic hydroxyl groups is 1. The largest absolute Gasteiger partial charge is 0.383 e. The second kappa shape index (κ2) is 3.68. The highest BCUT2D eigenvalue weighted by Crippen LogP contribution is 2.24. The Balaban J connectivity index is 2.06. The van der Waals surface area contributed by atoms with Gasteiger partial charge in [-0.15, -0.1) is 0 Å². The van der Waals surface area contributed by atoms with E-state index < -0.39 is 5.60 Å². The topological polar surface area (TPSA) is 77.6 Å². The van der Waals surface area contributed by atoms with E-state index in [4.69, 9.17) is 0 Å². The van der Waals surface area contributed by atoms with Crippen molar-refractivity contribution >= 4 is 11.0 Å². The number of hydrogen-bond acceptors (Lipinski definition) is 3. The minimum atomic E-state index is -0.962. The SMILES string of the molecule is CC(C)(O)c1ncc(-c2ccc3nc[nH]c3c2)[nH]1. The van der Waals surface area contributed by atoms with Crippen molar-refractivity contribution in [2.45, 2.75) is 19.4 Å². The van der Waals surface area contributed by atoms with Gasteiger partial charge in [0.15, 0.2) is 0 Å². The molecule has 0 fully saturated rings. The predicted molar refractivity (Wildman–Crippen MR) is 68.9 cm³/mol. The summed E-state index contributed by atoms with van der Waals surface area (Å²) >= 11 is 0. The lowest BCUT2D eigenvalue weighted by Crippen LogP contribution is -2.17. The van der Waals surface area contributed by atoms with Crippen LogP contribution in [-0.4, -0.2) is 25.0 Å². The lowest BCUT2D eigenvalue weighted by Gasteiger charge is -2.12. The number of aromatic nitrogens is 4. The second-order valence-corrected chi connectivity index (χ2v) is 4.84. The molecule has 3 aromatic rings. The Kier molecular flexibility index (Phi) is 2.24. The predicted octanol–water partition coefficient (Wildman–Crippen LogP) is 2.18. The zero-order chi connectivity index (χ0) is 12.8. The molecule has 0 unspecified atom stereocenters. The highest BCUT2D eigenvalue weighted by molar-refractivity contribution is 5.80. The first-order valence-electron chi connectivity index (χ1n) is 5.75. The van der Waals surface area contributed by atoms with Gasteiger partial charge in [-0.05, 0) is 26.0 Å². The van der Waals surface area contributed by atoms with Gasteiger partial charge in [0.05, 0.1) is 29.3 Å². The van der Waals surface area contributed by atoms with E-state index in [0.717, 1.165) is 22.3 Å². The molecule has 0 aliphatic carbocycles. The van der Waals surface area contributed by atoms with E-state index in [1.807, 2.05) is 18.2 Å². The van der Waals surface area contributed by atoms with E-state index in [1.165, 1.54) is 0 Å². The Hall–Kier alpha value is -2.14. The van der Waals surface area contributed by atoms with Crippen LogP contribution in [0.5, 0.6) is 0 Å². The molecule has 0 spiro atoms. The average Bonchev–Trinajstić information content (AvgIpc) is 2.96. The summed E-state index contributed by atoms with van der Waals surface area (Å²) in [6.45, 7) is 3.40. The van der Waals surface area contributed by atoms with Gasteiger partial charge < -0.3 is 15.1 Å². The van der Waals surface area contributed by atoms with E-state index in [0.29, 0.717) is 5.82 Å². The molecule has 3 N–H and O–H groups in total. The quantitative estimate of drug-likeness (QED) is 0.644. The minimum Gasteiger partial charge on any atom is -0.383 e. The molecule has 2 heterocycles. The molecule has 5 heteroatoms. The van der Waals surface area contributed by atoms with Crippen LogP contribution in [0.15, 0.2) is 30.7 Å².